The summed E-state index contributed by atoms with van der Waals surface area (Å²) in [6, 6.07) is 15.3. The predicted octanol–water partition coefficient (Wildman–Crippen LogP) is 4.42. The van der Waals surface area contributed by atoms with Crippen LogP contribution in [-0.2, 0) is 20.4 Å². The smallest absolute Gasteiger partial charge is 0.411 e. The van der Waals surface area contributed by atoms with Gasteiger partial charge in [-0.25, -0.2) is 17.9 Å². The number of benzene rings is 2. The molecular formula is C23H28F2N2O5S. The maximum Gasteiger partial charge on any atom is 0.411 e. The molecule has 0 spiro atoms. The summed E-state index contributed by atoms with van der Waals surface area (Å²) in [5, 5.41) is 0. The van der Waals surface area contributed by atoms with Gasteiger partial charge in [-0.1, -0.05) is 42.5 Å². The van der Waals surface area contributed by atoms with Crippen molar-refractivity contribution in [1.82, 2.24) is 9.62 Å². The number of sulfonamides is 1. The van der Waals surface area contributed by atoms with E-state index >= 15 is 0 Å². The van der Waals surface area contributed by atoms with Crippen LogP contribution in [0.3, 0.4) is 0 Å². The lowest BCUT2D eigenvalue weighted by atomic mass is 9.84. The fourth-order valence-corrected chi connectivity index (χ4v) is 4.54. The Morgan fingerprint density at radius 3 is 2.39 bits per heavy atom. The summed E-state index contributed by atoms with van der Waals surface area (Å²) < 4.78 is 60.3. The Morgan fingerprint density at radius 2 is 1.82 bits per heavy atom. The van der Waals surface area contributed by atoms with Crippen LogP contribution in [0, 0.1) is 0 Å². The van der Waals surface area contributed by atoms with Gasteiger partial charge in [-0.15, -0.1) is 0 Å². The van der Waals surface area contributed by atoms with Crippen LogP contribution in [-0.4, -0.2) is 45.4 Å². The molecule has 2 aromatic rings. The van der Waals surface area contributed by atoms with Gasteiger partial charge in [-0.3, -0.25) is 0 Å². The van der Waals surface area contributed by atoms with Crippen molar-refractivity contribution >= 4 is 16.1 Å². The number of carbonyl (C=O) groups is 1. The second-order valence-electron chi connectivity index (χ2n) is 8.07. The topological polar surface area (TPSA) is 84.9 Å². The third kappa shape index (κ3) is 6.64. The zero-order valence-electron chi connectivity index (χ0n) is 18.5. The summed E-state index contributed by atoms with van der Waals surface area (Å²) in [6.07, 6.45) is 2.11. The summed E-state index contributed by atoms with van der Waals surface area (Å²) in [5.74, 6) is 0.0490. The van der Waals surface area contributed by atoms with Gasteiger partial charge in [-0.2, -0.15) is 8.78 Å². The van der Waals surface area contributed by atoms with Crippen LogP contribution in [0.4, 0.5) is 13.6 Å². The number of hydrogen-bond acceptors (Lipinski definition) is 5. The van der Waals surface area contributed by atoms with E-state index in [9.17, 15) is 22.0 Å². The van der Waals surface area contributed by atoms with Gasteiger partial charge in [0.15, 0.2) is 0 Å². The average molecular weight is 483 g/mol. The summed E-state index contributed by atoms with van der Waals surface area (Å²) in [4.78, 5) is 14.7. The molecule has 0 aliphatic carbocycles. The predicted molar refractivity (Wildman–Crippen MR) is 119 cm³/mol. The van der Waals surface area contributed by atoms with Crippen LogP contribution >= 0.6 is 0 Å². The van der Waals surface area contributed by atoms with Gasteiger partial charge in [0.25, 0.3) is 0 Å². The molecule has 2 atom stereocenters. The minimum absolute atomic E-state index is 0.0490. The molecular weight excluding hydrogens is 454 g/mol. The summed E-state index contributed by atoms with van der Waals surface area (Å²) in [7, 11) is -3.30. The molecule has 3 rings (SSSR count). The molecule has 10 heteroatoms. The Kier molecular flexibility index (Phi) is 7.91. The van der Waals surface area contributed by atoms with Crippen LogP contribution in [0.15, 0.2) is 54.6 Å². The molecule has 1 unspecified atom stereocenters. The monoisotopic (exact) mass is 482 g/mol. The third-order valence-corrected chi connectivity index (χ3v) is 6.48. The lowest BCUT2D eigenvalue weighted by Gasteiger charge is -2.43. The van der Waals surface area contributed by atoms with Crippen molar-refractivity contribution in [3.63, 3.8) is 0 Å². The highest BCUT2D eigenvalue weighted by atomic mass is 32.2. The lowest BCUT2D eigenvalue weighted by molar-refractivity contribution is -0.0662. The van der Waals surface area contributed by atoms with Crippen LogP contribution in [0.5, 0.6) is 5.75 Å². The van der Waals surface area contributed by atoms with Crippen LogP contribution in [0.1, 0.15) is 43.4 Å². The highest BCUT2D eigenvalue weighted by Crippen LogP contribution is 2.40. The van der Waals surface area contributed by atoms with Crippen molar-refractivity contribution in [3.8, 4) is 5.75 Å². The molecule has 0 saturated carbocycles. The van der Waals surface area contributed by atoms with Crippen LogP contribution < -0.4 is 9.46 Å². The van der Waals surface area contributed by atoms with E-state index in [0.29, 0.717) is 25.8 Å². The fraction of sp³-hybridized carbons (Fsp3) is 0.435. The minimum Gasteiger partial charge on any atom is -0.438 e. The molecule has 1 aliphatic rings. The second kappa shape index (κ2) is 10.5. The number of carbonyl (C=O) groups excluding carboxylic acids is 1. The normalized spacial score (nSPS) is 19.9. The Morgan fingerprint density at radius 1 is 1.15 bits per heavy atom. The number of hydrogen-bond donors (Lipinski definition) is 1. The standard InChI is InChI=1S/C23H28F2N2O5S/c1-17(18-9-11-20(12-10-18)31-21(24)25)27-16-14-23(32-22(27)28,19-7-4-3-5-8-19)13-6-15-26-33(2,29)30/h3-5,7-12,17,21,26H,6,13-16H2,1-2H3/t17-,23?/m0/s1. The number of ether oxygens (including phenoxy) is 2. The Hall–Kier alpha value is -2.72. The maximum atomic E-state index is 13.1. The molecule has 1 fully saturated rings. The molecule has 1 amide bonds. The van der Waals surface area contributed by atoms with Gasteiger partial charge in [0, 0.05) is 19.5 Å². The first-order valence-electron chi connectivity index (χ1n) is 10.6. The average Bonchev–Trinajstić information content (AvgIpc) is 2.76. The zero-order chi connectivity index (χ0) is 24.1. The zero-order valence-corrected chi connectivity index (χ0v) is 19.4. The van der Waals surface area contributed by atoms with Crippen molar-refractivity contribution in [1.29, 1.82) is 0 Å². The molecule has 1 aliphatic heterocycles. The number of alkyl halides is 2. The third-order valence-electron chi connectivity index (χ3n) is 5.75. The van der Waals surface area contributed by atoms with Crippen molar-refractivity contribution in [2.45, 2.75) is 44.4 Å². The van der Waals surface area contributed by atoms with E-state index in [-0.39, 0.29) is 18.3 Å². The first-order chi connectivity index (χ1) is 15.6. The summed E-state index contributed by atoms with van der Waals surface area (Å²) in [6.45, 7) is -0.387. The van der Waals surface area contributed by atoms with Gasteiger partial charge in [-0.05, 0) is 43.0 Å². The lowest BCUT2D eigenvalue weighted by Crippen LogP contribution is -2.49. The Labute approximate surface area is 192 Å². The van der Waals surface area contributed by atoms with Gasteiger partial charge < -0.3 is 14.4 Å². The molecule has 0 bridgehead atoms. The Bertz CT molecular complexity index is 1030. The van der Waals surface area contributed by atoms with Gasteiger partial charge in [0.2, 0.25) is 10.0 Å². The molecule has 1 heterocycles. The first-order valence-corrected chi connectivity index (χ1v) is 12.5. The largest absolute Gasteiger partial charge is 0.438 e. The maximum absolute atomic E-state index is 13.1. The van der Waals surface area contributed by atoms with Crippen molar-refractivity contribution < 1.29 is 31.5 Å². The van der Waals surface area contributed by atoms with E-state index in [4.69, 9.17) is 4.74 Å². The van der Waals surface area contributed by atoms with E-state index in [1.165, 1.54) is 12.1 Å². The first kappa shape index (κ1) is 24.9. The van der Waals surface area contributed by atoms with Crippen molar-refractivity contribution in [2.24, 2.45) is 0 Å². The number of halogens is 2. The van der Waals surface area contributed by atoms with E-state index in [1.807, 2.05) is 37.3 Å². The van der Waals surface area contributed by atoms with Gasteiger partial charge in [0.1, 0.15) is 11.4 Å². The molecule has 0 aromatic heterocycles. The fourth-order valence-electron chi connectivity index (χ4n) is 4.03. The molecule has 180 valence electrons. The van der Waals surface area contributed by atoms with Crippen LogP contribution in [0.25, 0.3) is 0 Å². The molecule has 7 nitrogen and oxygen atoms in total. The quantitative estimate of drug-likeness (QED) is 0.507. The Balaban J connectivity index is 1.72. The van der Waals surface area contributed by atoms with Gasteiger partial charge in [0.05, 0.1) is 12.3 Å². The number of amides is 1. The SMILES string of the molecule is C[C@@H](c1ccc(OC(F)F)cc1)N1CCC(CCCNS(C)(=O)=O)(c2ccccc2)OC1=O. The van der Waals surface area contributed by atoms with E-state index in [2.05, 4.69) is 9.46 Å². The van der Waals surface area contributed by atoms with Crippen molar-refractivity contribution in [3.05, 3.63) is 65.7 Å². The summed E-state index contributed by atoms with van der Waals surface area (Å²) in [5.41, 5.74) is 0.763. The molecule has 33 heavy (non-hydrogen) atoms. The number of nitrogens with zero attached hydrogens (tertiary/aromatic N) is 1. The molecule has 1 saturated heterocycles. The number of cyclic esters (lactones) is 1. The van der Waals surface area contributed by atoms with Crippen LogP contribution in [0.2, 0.25) is 0 Å². The second-order valence-corrected chi connectivity index (χ2v) is 9.90. The minimum atomic E-state index is -3.30. The molecule has 0 radical (unpaired) electrons. The highest BCUT2D eigenvalue weighted by molar-refractivity contribution is 7.88. The van der Waals surface area contributed by atoms with Crippen molar-refractivity contribution in [2.75, 3.05) is 19.3 Å². The molecule has 2 aromatic carbocycles. The summed E-state index contributed by atoms with van der Waals surface area (Å²) >= 11 is 0. The molecule has 1 N–H and O–H groups in total. The van der Waals surface area contributed by atoms with E-state index in [1.54, 1.807) is 17.0 Å². The van der Waals surface area contributed by atoms with E-state index in [0.717, 1.165) is 17.4 Å². The van der Waals surface area contributed by atoms with Gasteiger partial charge >= 0.3 is 12.7 Å². The highest BCUT2D eigenvalue weighted by Gasteiger charge is 2.43. The number of rotatable bonds is 10. The van der Waals surface area contributed by atoms with E-state index < -0.39 is 28.3 Å². The number of nitrogens with one attached hydrogen (secondary N) is 1.